The van der Waals surface area contributed by atoms with Crippen LogP contribution in [-0.2, 0) is 4.74 Å². The van der Waals surface area contributed by atoms with Gasteiger partial charge in [-0.15, -0.1) is 0 Å². The number of piperazine rings is 1. The maximum atomic E-state index is 12.8. The van der Waals surface area contributed by atoms with Crippen molar-refractivity contribution in [2.45, 2.75) is 45.9 Å². The number of benzene rings is 1. The monoisotopic (exact) mass is 448 g/mol. The van der Waals surface area contributed by atoms with E-state index in [9.17, 15) is 18.4 Å². The predicted octanol–water partition coefficient (Wildman–Crippen LogP) is 4.13. The van der Waals surface area contributed by atoms with E-state index >= 15 is 0 Å². The number of nitrogens with zero attached hydrogens (tertiary/aromatic N) is 2. The smallest absolute Gasteiger partial charge is 0.410 e. The van der Waals surface area contributed by atoms with Crippen LogP contribution in [0.4, 0.5) is 13.6 Å². The summed E-state index contributed by atoms with van der Waals surface area (Å²) in [4.78, 5) is 28.2. The van der Waals surface area contributed by atoms with Crippen LogP contribution >= 0.6 is 15.9 Å². The van der Waals surface area contributed by atoms with Crippen LogP contribution in [0.2, 0.25) is 0 Å². The van der Waals surface area contributed by atoms with Crippen LogP contribution in [0.5, 0.6) is 5.75 Å². The van der Waals surface area contributed by atoms with Crippen molar-refractivity contribution in [3.05, 3.63) is 28.2 Å². The average molecular weight is 449 g/mol. The van der Waals surface area contributed by atoms with Gasteiger partial charge in [-0.1, -0.05) is 15.9 Å². The molecular weight excluding hydrogens is 426 g/mol. The molecule has 1 saturated heterocycles. The number of rotatable bonds is 3. The number of alkyl halides is 2. The van der Waals surface area contributed by atoms with Crippen molar-refractivity contribution >= 4 is 27.9 Å². The van der Waals surface area contributed by atoms with Crippen LogP contribution in [0.1, 0.15) is 38.1 Å². The van der Waals surface area contributed by atoms with Crippen LogP contribution in [-0.4, -0.2) is 59.7 Å². The highest BCUT2D eigenvalue weighted by Crippen LogP contribution is 2.27. The molecule has 1 atom stereocenters. The molecule has 0 aromatic heterocycles. The van der Waals surface area contributed by atoms with Gasteiger partial charge >= 0.3 is 12.7 Å². The lowest BCUT2D eigenvalue weighted by Crippen LogP contribution is -2.56. The van der Waals surface area contributed by atoms with E-state index in [4.69, 9.17) is 4.74 Å². The van der Waals surface area contributed by atoms with Crippen molar-refractivity contribution in [2.75, 3.05) is 19.6 Å². The number of hydrogen-bond donors (Lipinski definition) is 0. The Morgan fingerprint density at radius 3 is 2.48 bits per heavy atom. The minimum absolute atomic E-state index is 0.0522. The molecule has 1 fully saturated rings. The Hall–Kier alpha value is -1.90. The Morgan fingerprint density at radius 1 is 1.26 bits per heavy atom. The second-order valence-electron chi connectivity index (χ2n) is 7.29. The predicted molar refractivity (Wildman–Crippen MR) is 99.1 cm³/mol. The summed E-state index contributed by atoms with van der Waals surface area (Å²) in [6.45, 7) is 4.96. The molecule has 2 amide bonds. The minimum atomic E-state index is -3.03. The maximum Gasteiger partial charge on any atom is 0.410 e. The van der Waals surface area contributed by atoms with Gasteiger partial charge in [0.05, 0.1) is 5.56 Å². The highest BCUT2D eigenvalue weighted by atomic mass is 79.9. The van der Waals surface area contributed by atoms with E-state index in [0.717, 1.165) is 0 Å². The van der Waals surface area contributed by atoms with E-state index in [2.05, 4.69) is 20.7 Å². The van der Waals surface area contributed by atoms with Crippen LogP contribution in [0.25, 0.3) is 0 Å². The van der Waals surface area contributed by atoms with Crippen LogP contribution < -0.4 is 4.74 Å². The third-order valence-electron chi connectivity index (χ3n) is 3.93. The van der Waals surface area contributed by atoms with Crippen molar-refractivity contribution in [2.24, 2.45) is 0 Å². The molecule has 27 heavy (non-hydrogen) atoms. The van der Waals surface area contributed by atoms with E-state index in [1.807, 2.05) is 6.92 Å². The fraction of sp³-hybridized carbons (Fsp3) is 0.556. The lowest BCUT2D eigenvalue weighted by molar-refractivity contribution is -0.0504. The third-order valence-corrected chi connectivity index (χ3v) is 4.43. The maximum absolute atomic E-state index is 12.8. The quantitative estimate of drug-likeness (QED) is 0.697. The number of ether oxygens (including phenoxy) is 2. The van der Waals surface area contributed by atoms with E-state index in [0.29, 0.717) is 11.0 Å². The largest absolute Gasteiger partial charge is 0.444 e. The molecule has 0 unspecified atom stereocenters. The minimum Gasteiger partial charge on any atom is -0.444 e. The van der Waals surface area contributed by atoms with Gasteiger partial charge in [0.25, 0.3) is 5.91 Å². The van der Waals surface area contributed by atoms with Gasteiger partial charge in [0.15, 0.2) is 0 Å². The summed E-state index contributed by atoms with van der Waals surface area (Å²) in [6.07, 6.45) is -0.438. The molecular formula is C18H23BrF2N2O4. The highest BCUT2D eigenvalue weighted by Gasteiger charge is 2.33. The molecule has 1 aliphatic heterocycles. The molecule has 0 spiro atoms. The number of amides is 2. The summed E-state index contributed by atoms with van der Waals surface area (Å²) in [5.74, 6) is -0.611. The normalized spacial score (nSPS) is 17.9. The van der Waals surface area contributed by atoms with Gasteiger partial charge in [-0.25, -0.2) is 4.79 Å². The fourth-order valence-corrected chi connectivity index (χ4v) is 3.11. The Kier molecular flexibility index (Phi) is 6.67. The van der Waals surface area contributed by atoms with Crippen LogP contribution in [0, 0.1) is 0 Å². The number of halogens is 3. The zero-order chi connectivity index (χ0) is 20.4. The van der Waals surface area contributed by atoms with Crippen LogP contribution in [0.15, 0.2) is 22.7 Å². The molecule has 0 aliphatic carbocycles. The van der Waals surface area contributed by atoms with Crippen LogP contribution in [0.3, 0.4) is 0 Å². The molecule has 1 heterocycles. The molecule has 1 aliphatic rings. The summed E-state index contributed by atoms with van der Waals surface area (Å²) in [5, 5.41) is 0. The van der Waals surface area contributed by atoms with Crippen molar-refractivity contribution in [3.8, 4) is 5.75 Å². The zero-order valence-electron chi connectivity index (χ0n) is 15.7. The molecule has 0 bridgehead atoms. The van der Waals surface area contributed by atoms with E-state index in [-0.39, 0.29) is 30.4 Å². The topological polar surface area (TPSA) is 59.1 Å². The van der Waals surface area contributed by atoms with E-state index in [1.165, 1.54) is 17.0 Å². The lowest BCUT2D eigenvalue weighted by atomic mass is 10.1. The van der Waals surface area contributed by atoms with Gasteiger partial charge in [0, 0.05) is 30.1 Å². The number of carbonyl (C=O) groups excluding carboxylic acids is 2. The molecule has 0 radical (unpaired) electrons. The third kappa shape index (κ3) is 5.79. The Bertz CT molecular complexity index is 709. The van der Waals surface area contributed by atoms with E-state index in [1.54, 1.807) is 31.7 Å². The van der Waals surface area contributed by atoms with Gasteiger partial charge in [0.2, 0.25) is 0 Å². The van der Waals surface area contributed by atoms with Gasteiger partial charge in [0.1, 0.15) is 11.4 Å². The molecule has 6 nitrogen and oxygen atoms in total. The van der Waals surface area contributed by atoms with Gasteiger partial charge < -0.3 is 19.3 Å². The first kappa shape index (κ1) is 21.4. The SMILES string of the molecule is C[C@H]1CN(C(=O)c2ccc(Br)cc2OC(F)F)CCN1C(=O)OC(C)(C)C. The van der Waals surface area contributed by atoms with Crippen molar-refractivity contribution in [1.82, 2.24) is 9.80 Å². The summed E-state index contributed by atoms with van der Waals surface area (Å²) < 4.78 is 35.7. The molecule has 1 aromatic carbocycles. The molecule has 9 heteroatoms. The van der Waals surface area contributed by atoms with Crippen molar-refractivity contribution in [3.63, 3.8) is 0 Å². The van der Waals surface area contributed by atoms with Gasteiger partial charge in [-0.2, -0.15) is 8.78 Å². The highest BCUT2D eigenvalue weighted by molar-refractivity contribution is 9.10. The van der Waals surface area contributed by atoms with Gasteiger partial charge in [-0.05, 0) is 45.9 Å². The Morgan fingerprint density at radius 2 is 1.93 bits per heavy atom. The average Bonchev–Trinajstić information content (AvgIpc) is 2.52. The number of hydrogen-bond acceptors (Lipinski definition) is 4. The Labute approximate surface area is 165 Å². The molecule has 150 valence electrons. The summed E-state index contributed by atoms with van der Waals surface area (Å²) in [6, 6.07) is 4.09. The molecule has 1 aromatic rings. The lowest BCUT2D eigenvalue weighted by Gasteiger charge is -2.40. The standard InChI is InChI=1S/C18H23BrF2N2O4/c1-11-10-22(7-8-23(11)17(25)27-18(2,3)4)15(24)13-6-5-12(19)9-14(13)26-16(20)21/h5-6,9,11,16H,7-8,10H2,1-4H3/t11-/m0/s1. The first-order valence-corrected chi connectivity index (χ1v) is 9.30. The summed E-state index contributed by atoms with van der Waals surface area (Å²) in [5.41, 5.74) is -0.556. The summed E-state index contributed by atoms with van der Waals surface area (Å²) >= 11 is 3.18. The van der Waals surface area contributed by atoms with Crippen molar-refractivity contribution in [1.29, 1.82) is 0 Å². The fourth-order valence-electron chi connectivity index (χ4n) is 2.77. The van der Waals surface area contributed by atoms with Crippen molar-refractivity contribution < 1.29 is 27.8 Å². The second-order valence-corrected chi connectivity index (χ2v) is 8.21. The zero-order valence-corrected chi connectivity index (χ0v) is 17.3. The first-order valence-electron chi connectivity index (χ1n) is 8.51. The Balaban J connectivity index is 2.11. The molecule has 2 rings (SSSR count). The number of carbonyl (C=O) groups is 2. The molecule has 0 saturated carbocycles. The summed E-state index contributed by atoms with van der Waals surface area (Å²) in [7, 11) is 0. The van der Waals surface area contributed by atoms with E-state index < -0.39 is 24.2 Å². The second kappa shape index (κ2) is 8.41. The van der Waals surface area contributed by atoms with Gasteiger partial charge in [-0.3, -0.25) is 4.79 Å². The first-order chi connectivity index (χ1) is 12.5. The molecule has 0 N–H and O–H groups in total.